The lowest BCUT2D eigenvalue weighted by Gasteiger charge is -2.31. The highest BCUT2D eigenvalue weighted by molar-refractivity contribution is 6.03. The first-order chi connectivity index (χ1) is 16.3. The first-order valence-electron chi connectivity index (χ1n) is 11.1. The fraction of sp³-hybridized carbons (Fsp3) is 0.500. The molecule has 3 rings (SSSR count). The summed E-state index contributed by atoms with van der Waals surface area (Å²) in [5.41, 5.74) is 2.00. The highest BCUT2D eigenvalue weighted by atomic mass is 16.7. The fourth-order valence-electron chi connectivity index (χ4n) is 3.78. The smallest absolute Gasteiger partial charge is 0.188 e. The normalized spacial score (nSPS) is 15.5. The third-order valence-corrected chi connectivity index (χ3v) is 5.18. The number of ether oxygens (including phenoxy) is 7. The first-order valence-corrected chi connectivity index (χ1v) is 11.1. The Morgan fingerprint density at radius 3 is 2.06 bits per heavy atom. The predicted octanol–water partition coefficient (Wildman–Crippen LogP) is 4.93. The van der Waals surface area contributed by atoms with Gasteiger partial charge in [-0.05, 0) is 29.5 Å². The Labute approximate surface area is 201 Å². The van der Waals surface area contributed by atoms with Crippen LogP contribution in [-0.2, 0) is 20.6 Å². The molecule has 2 aromatic rings. The Hall–Kier alpha value is -2.81. The van der Waals surface area contributed by atoms with Crippen molar-refractivity contribution in [1.29, 1.82) is 0 Å². The highest BCUT2D eigenvalue weighted by Gasteiger charge is 2.35. The number of methoxy groups -OCH3 is 3. The summed E-state index contributed by atoms with van der Waals surface area (Å²) in [5, 5.41) is 0. The SMILES string of the molecule is COCOc1ccc(C2CC(=O)c3c(OCOC)cc(OCOC)c(CC(C)(C)C)c3O2)cc1. The van der Waals surface area contributed by atoms with Gasteiger partial charge < -0.3 is 33.2 Å². The van der Waals surface area contributed by atoms with Gasteiger partial charge in [-0.3, -0.25) is 4.79 Å². The molecule has 8 heteroatoms. The van der Waals surface area contributed by atoms with Crippen molar-refractivity contribution >= 4 is 5.78 Å². The summed E-state index contributed by atoms with van der Waals surface area (Å²) < 4.78 is 38.8. The van der Waals surface area contributed by atoms with Crippen LogP contribution in [0.2, 0.25) is 0 Å². The summed E-state index contributed by atoms with van der Waals surface area (Å²) in [7, 11) is 4.65. The molecule has 1 aliphatic heterocycles. The van der Waals surface area contributed by atoms with E-state index in [2.05, 4.69) is 20.8 Å². The number of fused-ring (bicyclic) bond motifs is 1. The summed E-state index contributed by atoms with van der Waals surface area (Å²) in [6.07, 6.45) is 0.355. The maximum absolute atomic E-state index is 13.4. The van der Waals surface area contributed by atoms with Gasteiger partial charge in [-0.1, -0.05) is 32.9 Å². The highest BCUT2D eigenvalue weighted by Crippen LogP contribution is 2.48. The molecule has 1 unspecified atom stereocenters. The van der Waals surface area contributed by atoms with E-state index in [0.717, 1.165) is 11.1 Å². The van der Waals surface area contributed by atoms with Gasteiger partial charge in [-0.15, -0.1) is 0 Å². The molecule has 0 amide bonds. The number of hydrogen-bond donors (Lipinski definition) is 0. The predicted molar refractivity (Wildman–Crippen MR) is 126 cm³/mol. The maximum atomic E-state index is 13.4. The molecule has 0 aromatic heterocycles. The summed E-state index contributed by atoms with van der Waals surface area (Å²) >= 11 is 0. The second-order valence-electron chi connectivity index (χ2n) is 9.25. The molecule has 1 atom stereocenters. The standard InChI is InChI=1S/C26H34O8/c1-26(2,3)13-19-22(32-15-29-5)12-23(33-16-30-6)24-20(27)11-21(34-25(19)24)17-7-9-18(10-8-17)31-14-28-4/h7-10,12,21H,11,13-16H2,1-6H3. The molecule has 0 saturated heterocycles. The maximum Gasteiger partial charge on any atom is 0.188 e. The van der Waals surface area contributed by atoms with E-state index < -0.39 is 6.10 Å². The average Bonchev–Trinajstić information content (AvgIpc) is 2.80. The second kappa shape index (κ2) is 11.6. The molecule has 1 heterocycles. The van der Waals surface area contributed by atoms with Crippen molar-refractivity contribution in [3.63, 3.8) is 0 Å². The number of rotatable bonds is 11. The number of benzene rings is 2. The molecular formula is C26H34O8. The monoisotopic (exact) mass is 474 g/mol. The molecule has 2 aromatic carbocycles. The number of carbonyl (C=O) groups is 1. The number of Topliss-reactive ketones (excluding diaryl/α,β-unsaturated/α-hetero) is 1. The van der Waals surface area contributed by atoms with E-state index in [1.165, 1.54) is 7.11 Å². The summed E-state index contributed by atoms with van der Waals surface area (Å²) in [5.74, 6) is 2.01. The van der Waals surface area contributed by atoms with Gasteiger partial charge in [-0.2, -0.15) is 0 Å². The van der Waals surface area contributed by atoms with E-state index in [9.17, 15) is 4.79 Å². The Bertz CT molecular complexity index is 962. The summed E-state index contributed by atoms with van der Waals surface area (Å²) in [4.78, 5) is 13.4. The topological polar surface area (TPSA) is 81.7 Å². The Morgan fingerprint density at radius 2 is 1.47 bits per heavy atom. The van der Waals surface area contributed by atoms with E-state index in [0.29, 0.717) is 35.0 Å². The third kappa shape index (κ3) is 6.40. The average molecular weight is 475 g/mol. The van der Waals surface area contributed by atoms with Crippen LogP contribution in [0, 0.1) is 5.41 Å². The lowest BCUT2D eigenvalue weighted by Crippen LogP contribution is -2.24. The van der Waals surface area contributed by atoms with Crippen LogP contribution in [0.15, 0.2) is 30.3 Å². The van der Waals surface area contributed by atoms with E-state index in [1.807, 2.05) is 24.3 Å². The summed E-state index contributed by atoms with van der Waals surface area (Å²) in [6.45, 7) is 6.57. The van der Waals surface area contributed by atoms with Gasteiger partial charge in [0.1, 0.15) is 34.7 Å². The Morgan fingerprint density at radius 1 is 0.882 bits per heavy atom. The zero-order valence-electron chi connectivity index (χ0n) is 20.8. The van der Waals surface area contributed by atoms with Crippen LogP contribution in [0.3, 0.4) is 0 Å². The van der Waals surface area contributed by atoms with Crippen LogP contribution in [0.1, 0.15) is 54.8 Å². The molecule has 1 aliphatic rings. The van der Waals surface area contributed by atoms with Crippen molar-refractivity contribution in [3.05, 3.63) is 47.0 Å². The quantitative estimate of drug-likeness (QED) is 0.424. The molecule has 0 radical (unpaired) electrons. The van der Waals surface area contributed by atoms with Crippen LogP contribution in [0.25, 0.3) is 0 Å². The number of hydrogen-bond acceptors (Lipinski definition) is 8. The van der Waals surface area contributed by atoms with Crippen molar-refractivity contribution < 1.29 is 38.0 Å². The van der Waals surface area contributed by atoms with Crippen LogP contribution >= 0.6 is 0 Å². The van der Waals surface area contributed by atoms with E-state index in [-0.39, 0.29) is 38.0 Å². The van der Waals surface area contributed by atoms with Gasteiger partial charge in [0.2, 0.25) is 0 Å². The first kappa shape index (κ1) is 25.8. The summed E-state index contributed by atoms with van der Waals surface area (Å²) in [6, 6.07) is 9.18. The molecule has 0 saturated carbocycles. The van der Waals surface area contributed by atoms with Crippen molar-refractivity contribution in [2.75, 3.05) is 41.7 Å². The molecule has 0 bridgehead atoms. The zero-order chi connectivity index (χ0) is 24.7. The van der Waals surface area contributed by atoms with Gasteiger partial charge >= 0.3 is 0 Å². The van der Waals surface area contributed by atoms with Crippen molar-refractivity contribution in [3.8, 4) is 23.0 Å². The number of ketones is 1. The van der Waals surface area contributed by atoms with E-state index >= 15 is 0 Å². The van der Waals surface area contributed by atoms with Crippen molar-refractivity contribution in [2.24, 2.45) is 5.41 Å². The van der Waals surface area contributed by atoms with Gasteiger partial charge in [0.15, 0.2) is 26.2 Å². The lowest BCUT2D eigenvalue weighted by atomic mass is 9.84. The molecule has 0 N–H and O–H groups in total. The minimum absolute atomic E-state index is 0.00554. The third-order valence-electron chi connectivity index (χ3n) is 5.18. The van der Waals surface area contributed by atoms with Crippen molar-refractivity contribution in [1.82, 2.24) is 0 Å². The second-order valence-corrected chi connectivity index (χ2v) is 9.25. The van der Waals surface area contributed by atoms with Crippen LogP contribution in [0.5, 0.6) is 23.0 Å². The fourth-order valence-corrected chi connectivity index (χ4v) is 3.78. The Kier molecular flexibility index (Phi) is 8.77. The van der Waals surface area contributed by atoms with Crippen molar-refractivity contribution in [2.45, 2.75) is 39.7 Å². The minimum Gasteiger partial charge on any atom is -0.484 e. The van der Waals surface area contributed by atoms with Crippen LogP contribution in [-0.4, -0.2) is 47.5 Å². The molecule has 186 valence electrons. The molecule has 8 nitrogen and oxygen atoms in total. The number of carbonyl (C=O) groups excluding carboxylic acids is 1. The zero-order valence-corrected chi connectivity index (χ0v) is 20.8. The van der Waals surface area contributed by atoms with E-state index in [1.54, 1.807) is 20.3 Å². The minimum atomic E-state index is -0.455. The van der Waals surface area contributed by atoms with Crippen LogP contribution < -0.4 is 18.9 Å². The van der Waals surface area contributed by atoms with E-state index in [4.69, 9.17) is 33.2 Å². The molecule has 34 heavy (non-hydrogen) atoms. The molecule has 0 aliphatic carbocycles. The van der Waals surface area contributed by atoms with Crippen LogP contribution in [0.4, 0.5) is 0 Å². The lowest BCUT2D eigenvalue weighted by molar-refractivity contribution is 0.0430. The molecule has 0 spiro atoms. The Balaban J connectivity index is 2.05. The van der Waals surface area contributed by atoms with Gasteiger partial charge in [-0.25, -0.2) is 0 Å². The molecule has 0 fully saturated rings. The largest absolute Gasteiger partial charge is 0.484 e. The van der Waals surface area contributed by atoms with Gasteiger partial charge in [0, 0.05) is 33.0 Å². The van der Waals surface area contributed by atoms with Gasteiger partial charge in [0.05, 0.1) is 6.42 Å². The molecular weight excluding hydrogens is 440 g/mol. The van der Waals surface area contributed by atoms with Gasteiger partial charge in [0.25, 0.3) is 0 Å².